The van der Waals surface area contributed by atoms with Crippen molar-refractivity contribution in [3.8, 4) is 0 Å². The number of hydrogen-bond donors (Lipinski definition) is 2. The van der Waals surface area contributed by atoms with Crippen LogP contribution in [0.1, 0.15) is 25.7 Å². The zero-order valence-electron chi connectivity index (χ0n) is 15.4. The van der Waals surface area contributed by atoms with Gasteiger partial charge in [0, 0.05) is 46.5 Å². The molecule has 0 bridgehead atoms. The number of benzene rings is 2. The summed E-state index contributed by atoms with van der Waals surface area (Å²) in [5, 5.41) is 7.62. The minimum atomic E-state index is 0.627. The third kappa shape index (κ3) is 6.99. The molecule has 1 saturated carbocycles. The average Bonchev–Trinajstić information content (AvgIpc) is 2.71. The van der Waals surface area contributed by atoms with E-state index < -0.39 is 0 Å². The third-order valence-electron chi connectivity index (χ3n) is 4.81. The van der Waals surface area contributed by atoms with Gasteiger partial charge in [-0.1, -0.05) is 49.2 Å². The summed E-state index contributed by atoms with van der Waals surface area (Å²) in [6.45, 7) is 2.17. The van der Waals surface area contributed by atoms with E-state index in [4.69, 9.17) is 0 Å². The standard InChI is InChI=1S/C22H30N2S2/c1-3-9-19(10-4-1)25-17-15-23-21-13-7-8-14-22(21)24-16-18-26-20-11-5-2-6-12-20/h1-6,9-12,21-24H,7-8,13-18H2/t21-,22?/m1/s1. The lowest BCUT2D eigenvalue weighted by Gasteiger charge is -2.33. The van der Waals surface area contributed by atoms with Crippen LogP contribution >= 0.6 is 23.5 Å². The molecule has 0 aliphatic heterocycles. The molecule has 140 valence electrons. The molecule has 2 atom stereocenters. The molecule has 1 fully saturated rings. The highest BCUT2D eigenvalue weighted by molar-refractivity contribution is 7.99. The normalized spacial score (nSPS) is 20.2. The summed E-state index contributed by atoms with van der Waals surface area (Å²) in [4.78, 5) is 2.73. The molecule has 26 heavy (non-hydrogen) atoms. The van der Waals surface area contributed by atoms with Gasteiger partial charge in [-0.15, -0.1) is 23.5 Å². The summed E-state index contributed by atoms with van der Waals surface area (Å²) in [6, 6.07) is 22.7. The first-order valence-corrected chi connectivity index (χ1v) is 11.7. The van der Waals surface area contributed by atoms with Gasteiger partial charge in [0.1, 0.15) is 0 Å². The van der Waals surface area contributed by atoms with Crippen LogP contribution < -0.4 is 10.6 Å². The van der Waals surface area contributed by atoms with Crippen LogP contribution in [-0.4, -0.2) is 36.7 Å². The molecule has 0 amide bonds. The van der Waals surface area contributed by atoms with E-state index in [1.165, 1.54) is 35.5 Å². The maximum atomic E-state index is 3.81. The van der Waals surface area contributed by atoms with E-state index in [-0.39, 0.29) is 0 Å². The molecule has 1 aliphatic rings. The third-order valence-corrected chi connectivity index (χ3v) is 6.83. The molecular formula is C22H30N2S2. The molecule has 4 heteroatoms. The molecule has 2 aromatic carbocycles. The van der Waals surface area contributed by atoms with Crippen LogP contribution in [0, 0.1) is 0 Å². The van der Waals surface area contributed by atoms with Gasteiger partial charge < -0.3 is 10.6 Å². The second kappa shape index (κ2) is 11.7. The summed E-state index contributed by atoms with van der Waals surface area (Å²) in [6.07, 6.45) is 5.33. The Labute approximate surface area is 166 Å². The highest BCUT2D eigenvalue weighted by atomic mass is 32.2. The van der Waals surface area contributed by atoms with Crippen molar-refractivity contribution in [2.24, 2.45) is 0 Å². The predicted molar refractivity (Wildman–Crippen MR) is 116 cm³/mol. The fraction of sp³-hybridized carbons (Fsp3) is 0.455. The molecule has 0 aromatic heterocycles. The van der Waals surface area contributed by atoms with Crippen molar-refractivity contribution in [1.82, 2.24) is 10.6 Å². The monoisotopic (exact) mass is 386 g/mol. The minimum Gasteiger partial charge on any atom is -0.312 e. The summed E-state index contributed by atoms with van der Waals surface area (Å²) in [5.74, 6) is 2.27. The first-order chi connectivity index (χ1) is 12.9. The van der Waals surface area contributed by atoms with E-state index in [9.17, 15) is 0 Å². The van der Waals surface area contributed by atoms with Crippen LogP contribution in [0.4, 0.5) is 0 Å². The quantitative estimate of drug-likeness (QED) is 0.440. The van der Waals surface area contributed by atoms with Crippen LogP contribution in [-0.2, 0) is 0 Å². The Morgan fingerprint density at radius 2 is 1.08 bits per heavy atom. The first kappa shape index (κ1) is 19.8. The van der Waals surface area contributed by atoms with Gasteiger partial charge in [-0.05, 0) is 37.1 Å². The van der Waals surface area contributed by atoms with Gasteiger partial charge in [-0.25, -0.2) is 0 Å². The van der Waals surface area contributed by atoms with Gasteiger partial charge in [0.2, 0.25) is 0 Å². The van der Waals surface area contributed by atoms with Crippen molar-refractivity contribution in [3.63, 3.8) is 0 Å². The molecule has 0 radical (unpaired) electrons. The zero-order valence-corrected chi connectivity index (χ0v) is 17.0. The molecule has 0 spiro atoms. The van der Waals surface area contributed by atoms with Crippen LogP contribution in [0.5, 0.6) is 0 Å². The molecule has 1 aliphatic carbocycles. The lowest BCUT2D eigenvalue weighted by Crippen LogP contribution is -2.50. The van der Waals surface area contributed by atoms with Crippen molar-refractivity contribution >= 4 is 23.5 Å². The fourth-order valence-electron chi connectivity index (χ4n) is 3.48. The minimum absolute atomic E-state index is 0.627. The summed E-state index contributed by atoms with van der Waals surface area (Å²) >= 11 is 3.89. The predicted octanol–water partition coefficient (Wildman–Crippen LogP) is 5.06. The Bertz CT molecular complexity index is 551. The Hall–Kier alpha value is -0.940. The van der Waals surface area contributed by atoms with E-state index in [1.54, 1.807) is 0 Å². The lowest BCUT2D eigenvalue weighted by molar-refractivity contribution is 0.292. The van der Waals surface area contributed by atoms with Crippen LogP contribution in [0.25, 0.3) is 0 Å². The molecule has 0 saturated heterocycles. The highest BCUT2D eigenvalue weighted by Gasteiger charge is 2.23. The summed E-state index contributed by atoms with van der Waals surface area (Å²) in [7, 11) is 0. The van der Waals surface area contributed by atoms with Crippen molar-refractivity contribution in [3.05, 3.63) is 60.7 Å². The second-order valence-corrected chi connectivity index (χ2v) is 9.07. The molecule has 1 unspecified atom stereocenters. The van der Waals surface area contributed by atoms with Crippen molar-refractivity contribution < 1.29 is 0 Å². The maximum absolute atomic E-state index is 3.81. The van der Waals surface area contributed by atoms with Crippen molar-refractivity contribution in [2.75, 3.05) is 24.6 Å². The summed E-state index contributed by atoms with van der Waals surface area (Å²) in [5.41, 5.74) is 0. The molecule has 2 aromatic rings. The van der Waals surface area contributed by atoms with Crippen LogP contribution in [0.3, 0.4) is 0 Å². The maximum Gasteiger partial charge on any atom is 0.0221 e. The van der Waals surface area contributed by atoms with Gasteiger partial charge in [0.05, 0.1) is 0 Å². The SMILES string of the molecule is c1ccc(SCCNC2CCCC[C@H]2NCCSc2ccccc2)cc1. The average molecular weight is 387 g/mol. The Kier molecular flexibility index (Phi) is 8.92. The molecular weight excluding hydrogens is 356 g/mol. The first-order valence-electron chi connectivity index (χ1n) is 9.74. The largest absolute Gasteiger partial charge is 0.312 e. The van der Waals surface area contributed by atoms with Gasteiger partial charge in [-0.2, -0.15) is 0 Å². The number of rotatable bonds is 10. The topological polar surface area (TPSA) is 24.1 Å². The van der Waals surface area contributed by atoms with E-state index in [1.807, 2.05) is 23.5 Å². The van der Waals surface area contributed by atoms with Gasteiger partial charge >= 0.3 is 0 Å². The fourth-order valence-corrected chi connectivity index (χ4v) is 5.09. The summed E-state index contributed by atoms with van der Waals surface area (Å²) < 4.78 is 0. The van der Waals surface area contributed by atoms with Gasteiger partial charge in [-0.3, -0.25) is 0 Å². The van der Waals surface area contributed by atoms with E-state index in [2.05, 4.69) is 71.3 Å². The van der Waals surface area contributed by atoms with Gasteiger partial charge in [0.15, 0.2) is 0 Å². The highest BCUT2D eigenvalue weighted by Crippen LogP contribution is 2.21. The number of hydrogen-bond acceptors (Lipinski definition) is 4. The molecule has 0 heterocycles. The zero-order chi connectivity index (χ0) is 17.9. The van der Waals surface area contributed by atoms with Gasteiger partial charge in [0.25, 0.3) is 0 Å². The Morgan fingerprint density at radius 3 is 1.50 bits per heavy atom. The van der Waals surface area contributed by atoms with Crippen LogP contribution in [0.2, 0.25) is 0 Å². The number of nitrogens with one attached hydrogen (secondary N) is 2. The van der Waals surface area contributed by atoms with E-state index in [0.29, 0.717) is 12.1 Å². The van der Waals surface area contributed by atoms with E-state index in [0.717, 1.165) is 24.6 Å². The Balaban J connectivity index is 1.33. The van der Waals surface area contributed by atoms with E-state index >= 15 is 0 Å². The smallest absolute Gasteiger partial charge is 0.0221 e. The molecule has 2 nitrogen and oxygen atoms in total. The second-order valence-electron chi connectivity index (χ2n) is 6.73. The van der Waals surface area contributed by atoms with Crippen molar-refractivity contribution in [1.29, 1.82) is 0 Å². The van der Waals surface area contributed by atoms with Crippen LogP contribution in [0.15, 0.2) is 70.5 Å². The number of thioether (sulfide) groups is 2. The molecule has 2 N–H and O–H groups in total. The molecule has 3 rings (SSSR count). The Morgan fingerprint density at radius 1 is 0.654 bits per heavy atom. The lowest BCUT2D eigenvalue weighted by atomic mass is 9.90. The van der Waals surface area contributed by atoms with Crippen molar-refractivity contribution in [2.45, 2.75) is 47.6 Å².